The van der Waals surface area contributed by atoms with Gasteiger partial charge in [-0.15, -0.1) is 10.2 Å². The van der Waals surface area contributed by atoms with Crippen LogP contribution >= 0.6 is 23.1 Å². The number of carbonyl (C=O) groups is 2. The summed E-state index contributed by atoms with van der Waals surface area (Å²) >= 11 is 2.64. The molecule has 0 saturated heterocycles. The van der Waals surface area contributed by atoms with Crippen LogP contribution in [0.15, 0.2) is 28.6 Å². The molecule has 7 nitrogen and oxygen atoms in total. The molecular weight excluding hydrogens is 444 g/mol. The molecule has 0 radical (unpaired) electrons. The zero-order valence-corrected chi connectivity index (χ0v) is 19.8. The molecule has 0 aliphatic heterocycles. The van der Waals surface area contributed by atoms with Crippen molar-refractivity contribution in [1.29, 1.82) is 0 Å². The third-order valence-electron chi connectivity index (χ3n) is 6.93. The Labute approximate surface area is 196 Å². The van der Waals surface area contributed by atoms with Crippen LogP contribution in [0.4, 0.5) is 10.8 Å². The number of amides is 2. The third-order valence-corrected chi connectivity index (χ3v) is 8.91. The minimum atomic E-state index is -0.207. The summed E-state index contributed by atoms with van der Waals surface area (Å²) in [6.07, 6.45) is 6.99. The maximum Gasteiger partial charge on any atom is 0.234 e. The highest BCUT2D eigenvalue weighted by atomic mass is 32.2. The average Bonchev–Trinajstić information content (AvgIpc) is 3.20. The highest BCUT2D eigenvalue weighted by molar-refractivity contribution is 8.01. The summed E-state index contributed by atoms with van der Waals surface area (Å²) in [6.45, 7) is 2.44. The number of hydrogen-bond donors (Lipinski definition) is 2. The first-order valence-electron chi connectivity index (χ1n) is 11.3. The zero-order chi connectivity index (χ0) is 22.1. The Bertz CT molecular complexity index is 973. The number of hydrogen-bond acceptors (Lipinski definition) is 7. The van der Waals surface area contributed by atoms with Crippen molar-refractivity contribution in [2.45, 2.75) is 49.8 Å². The molecule has 2 amide bonds. The van der Waals surface area contributed by atoms with Gasteiger partial charge in [-0.25, -0.2) is 0 Å². The summed E-state index contributed by atoms with van der Waals surface area (Å²) in [5, 5.41) is 14.8. The summed E-state index contributed by atoms with van der Waals surface area (Å²) in [5.74, 6) is 3.00. The van der Waals surface area contributed by atoms with E-state index in [0.717, 1.165) is 37.0 Å². The molecule has 2 N–H and O–H groups in total. The van der Waals surface area contributed by atoms with Gasteiger partial charge in [-0.2, -0.15) is 0 Å². The van der Waals surface area contributed by atoms with Crippen LogP contribution in [0.1, 0.15) is 45.4 Å². The highest BCUT2D eigenvalue weighted by Crippen LogP contribution is 2.60. The summed E-state index contributed by atoms with van der Waals surface area (Å²) in [7, 11) is 0. The lowest BCUT2D eigenvalue weighted by Gasteiger charge is -2.55. The molecule has 4 aliphatic carbocycles. The fraction of sp³-hybridized carbons (Fsp3) is 0.565. The molecule has 1 aromatic carbocycles. The van der Waals surface area contributed by atoms with E-state index in [1.54, 1.807) is 0 Å². The first-order chi connectivity index (χ1) is 15.5. The van der Waals surface area contributed by atoms with Gasteiger partial charge in [0.05, 0.1) is 23.5 Å². The van der Waals surface area contributed by atoms with Crippen molar-refractivity contribution >= 4 is 45.7 Å². The predicted molar refractivity (Wildman–Crippen MR) is 126 cm³/mol. The number of nitrogens with one attached hydrogen (secondary N) is 2. The Kier molecular flexibility index (Phi) is 6.11. The molecule has 170 valence electrons. The Morgan fingerprint density at radius 2 is 1.78 bits per heavy atom. The van der Waals surface area contributed by atoms with Crippen LogP contribution in [0.3, 0.4) is 0 Å². The molecule has 0 unspecified atom stereocenters. The number of anilines is 2. The topological polar surface area (TPSA) is 93.2 Å². The van der Waals surface area contributed by atoms with Gasteiger partial charge in [0, 0.05) is 0 Å². The largest absolute Gasteiger partial charge is 0.492 e. The van der Waals surface area contributed by atoms with Crippen molar-refractivity contribution < 1.29 is 14.3 Å². The molecule has 4 saturated carbocycles. The van der Waals surface area contributed by atoms with E-state index in [1.807, 2.05) is 31.2 Å². The second-order valence-electron chi connectivity index (χ2n) is 9.29. The Hall–Kier alpha value is -2.13. The molecule has 2 aromatic rings. The second-order valence-corrected chi connectivity index (χ2v) is 11.5. The molecular formula is C23H28N4O3S2. The average molecular weight is 473 g/mol. The van der Waals surface area contributed by atoms with E-state index in [2.05, 4.69) is 20.8 Å². The van der Waals surface area contributed by atoms with Gasteiger partial charge < -0.3 is 15.4 Å². The minimum absolute atomic E-state index is 0.120. The molecule has 4 bridgehead atoms. The highest BCUT2D eigenvalue weighted by Gasteiger charge is 2.54. The van der Waals surface area contributed by atoms with Crippen molar-refractivity contribution in [1.82, 2.24) is 10.2 Å². The summed E-state index contributed by atoms with van der Waals surface area (Å²) < 4.78 is 6.21. The van der Waals surface area contributed by atoms with Crippen molar-refractivity contribution in [3.05, 3.63) is 24.3 Å². The van der Waals surface area contributed by atoms with E-state index in [-0.39, 0.29) is 23.0 Å². The smallest absolute Gasteiger partial charge is 0.234 e. The van der Waals surface area contributed by atoms with Crippen LogP contribution < -0.4 is 15.4 Å². The van der Waals surface area contributed by atoms with Crippen molar-refractivity contribution in [2.75, 3.05) is 23.0 Å². The predicted octanol–water partition coefficient (Wildman–Crippen LogP) is 4.82. The lowest BCUT2D eigenvalue weighted by Crippen LogP contribution is -2.51. The maximum absolute atomic E-state index is 13.2. The van der Waals surface area contributed by atoms with E-state index in [1.165, 1.54) is 42.4 Å². The Morgan fingerprint density at radius 3 is 2.47 bits per heavy atom. The van der Waals surface area contributed by atoms with Gasteiger partial charge in [-0.05, 0) is 75.3 Å². The third kappa shape index (κ3) is 4.50. The standard InChI is InChI=1S/C23H28N4O3S2/c1-2-30-18-6-4-3-5-17(18)24-19(28)13-31-22-27-26-21(32-22)25-20(29)23-10-14-7-15(11-23)9-16(8-14)12-23/h3-6,14-16H,2,7-13H2,1H3,(H,24,28)(H,25,26,29). The molecule has 1 aromatic heterocycles. The fourth-order valence-electron chi connectivity index (χ4n) is 6.10. The SMILES string of the molecule is CCOc1ccccc1NC(=O)CSc1nnc(NC(=O)C23CC4CC(CC(C4)C2)C3)s1. The van der Waals surface area contributed by atoms with Gasteiger partial charge in [0.1, 0.15) is 5.75 Å². The first kappa shape index (κ1) is 21.7. The van der Waals surface area contributed by atoms with Crippen LogP contribution in [0.5, 0.6) is 5.75 Å². The van der Waals surface area contributed by atoms with Crippen molar-refractivity contribution in [3.8, 4) is 5.75 Å². The number of carbonyl (C=O) groups excluding carboxylic acids is 2. The van der Waals surface area contributed by atoms with Gasteiger partial charge in [0.2, 0.25) is 16.9 Å². The number of aromatic nitrogens is 2. The van der Waals surface area contributed by atoms with Gasteiger partial charge in [-0.1, -0.05) is 35.2 Å². The van der Waals surface area contributed by atoms with Gasteiger partial charge in [0.25, 0.3) is 0 Å². The number of rotatable bonds is 8. The minimum Gasteiger partial charge on any atom is -0.492 e. The van der Waals surface area contributed by atoms with Crippen LogP contribution in [0.2, 0.25) is 0 Å². The van der Waals surface area contributed by atoms with Gasteiger partial charge in [-0.3, -0.25) is 9.59 Å². The van der Waals surface area contributed by atoms with E-state index in [9.17, 15) is 9.59 Å². The Balaban J connectivity index is 1.15. The molecule has 32 heavy (non-hydrogen) atoms. The van der Waals surface area contributed by atoms with Crippen LogP contribution in [-0.4, -0.2) is 34.4 Å². The molecule has 4 aliphatic rings. The Morgan fingerprint density at radius 1 is 1.09 bits per heavy atom. The molecule has 9 heteroatoms. The van der Waals surface area contributed by atoms with Crippen LogP contribution in [-0.2, 0) is 9.59 Å². The molecule has 0 spiro atoms. The number of nitrogens with zero attached hydrogens (tertiary/aromatic N) is 2. The maximum atomic E-state index is 13.2. The molecule has 0 atom stereocenters. The normalized spacial score (nSPS) is 27.8. The van der Waals surface area contributed by atoms with Crippen molar-refractivity contribution in [3.63, 3.8) is 0 Å². The van der Waals surface area contributed by atoms with Gasteiger partial charge >= 0.3 is 0 Å². The first-order valence-corrected chi connectivity index (χ1v) is 13.1. The quantitative estimate of drug-likeness (QED) is 0.423. The number of para-hydroxylation sites is 2. The molecule has 4 fully saturated rings. The number of thioether (sulfide) groups is 1. The van der Waals surface area contributed by atoms with Crippen LogP contribution in [0, 0.1) is 23.2 Å². The summed E-state index contributed by atoms with van der Waals surface area (Å²) in [5.41, 5.74) is 0.447. The van der Waals surface area contributed by atoms with E-state index in [4.69, 9.17) is 4.74 Å². The monoisotopic (exact) mass is 472 g/mol. The second kappa shape index (κ2) is 9.02. The number of ether oxygens (including phenoxy) is 1. The summed E-state index contributed by atoms with van der Waals surface area (Å²) in [4.78, 5) is 25.6. The lowest BCUT2D eigenvalue weighted by atomic mass is 9.49. The molecule has 1 heterocycles. The van der Waals surface area contributed by atoms with E-state index < -0.39 is 0 Å². The lowest BCUT2D eigenvalue weighted by molar-refractivity contribution is -0.140. The molecule has 6 rings (SSSR count). The zero-order valence-electron chi connectivity index (χ0n) is 18.1. The van der Waals surface area contributed by atoms with Gasteiger partial charge in [0.15, 0.2) is 4.34 Å². The number of benzene rings is 1. The summed E-state index contributed by atoms with van der Waals surface area (Å²) in [6, 6.07) is 7.37. The van der Waals surface area contributed by atoms with Crippen LogP contribution in [0.25, 0.3) is 0 Å². The van der Waals surface area contributed by atoms with Crippen molar-refractivity contribution in [2.24, 2.45) is 23.2 Å². The fourth-order valence-corrected chi connectivity index (χ4v) is 7.65. The van der Waals surface area contributed by atoms with E-state index in [0.29, 0.717) is 27.5 Å². The van der Waals surface area contributed by atoms with E-state index >= 15 is 0 Å².